The van der Waals surface area contributed by atoms with Crippen LogP contribution in [0.4, 0.5) is 5.69 Å². The highest BCUT2D eigenvalue weighted by Crippen LogP contribution is 2.31. The Kier molecular flexibility index (Phi) is 8.72. The fraction of sp³-hybridized carbons (Fsp3) is 0.643. The number of nitrogens with zero attached hydrogens (tertiary/aromatic N) is 3. The van der Waals surface area contributed by atoms with Crippen LogP contribution in [0.3, 0.4) is 0 Å². The van der Waals surface area contributed by atoms with Gasteiger partial charge < -0.3 is 29.9 Å². The van der Waals surface area contributed by atoms with Gasteiger partial charge >= 0.3 is 0 Å². The maximum atomic E-state index is 13.7. The van der Waals surface area contributed by atoms with E-state index in [0.29, 0.717) is 38.2 Å². The lowest BCUT2D eigenvalue weighted by Gasteiger charge is -2.30. The number of aliphatic hydroxyl groups excluding tert-OH is 1. The average molecular weight is 529 g/mol. The number of fused-ring (bicyclic) bond motifs is 1. The van der Waals surface area contributed by atoms with Crippen molar-refractivity contribution in [3.05, 3.63) is 29.8 Å². The van der Waals surface area contributed by atoms with Crippen molar-refractivity contribution in [2.45, 2.75) is 64.8 Å². The molecule has 3 heterocycles. The number of benzene rings is 1. The smallest absolute Gasteiger partial charge is 0.252 e. The molecule has 0 bridgehead atoms. The number of amides is 3. The summed E-state index contributed by atoms with van der Waals surface area (Å²) in [6.45, 7) is 10.6. The third-order valence-electron chi connectivity index (χ3n) is 7.69. The Morgan fingerprint density at radius 2 is 1.66 bits per heavy atom. The third kappa shape index (κ3) is 5.86. The van der Waals surface area contributed by atoms with Crippen LogP contribution in [0.5, 0.6) is 0 Å². The summed E-state index contributed by atoms with van der Waals surface area (Å²) in [6, 6.07) is 5.33. The molecule has 0 aromatic heterocycles. The van der Waals surface area contributed by atoms with Crippen molar-refractivity contribution < 1.29 is 29.0 Å². The van der Waals surface area contributed by atoms with E-state index in [1.54, 1.807) is 26.0 Å². The van der Waals surface area contributed by atoms with E-state index in [0.717, 1.165) is 18.8 Å². The maximum Gasteiger partial charge on any atom is 0.252 e. The van der Waals surface area contributed by atoms with Crippen molar-refractivity contribution in [3.63, 3.8) is 0 Å². The summed E-state index contributed by atoms with van der Waals surface area (Å²) in [6.07, 6.45) is -0.300. The Bertz CT molecular complexity index is 1040. The molecule has 0 aliphatic carbocycles. The minimum atomic E-state index is -1.19. The van der Waals surface area contributed by atoms with Crippen LogP contribution in [0.1, 0.15) is 50.9 Å². The first-order valence-electron chi connectivity index (χ1n) is 13.6. The monoisotopic (exact) mass is 528 g/mol. The van der Waals surface area contributed by atoms with Crippen LogP contribution < -0.4 is 10.2 Å². The second-order valence-corrected chi connectivity index (χ2v) is 11.3. The van der Waals surface area contributed by atoms with E-state index < -0.39 is 30.1 Å². The predicted octanol–water partition coefficient (Wildman–Crippen LogP) is 1.07. The van der Waals surface area contributed by atoms with Crippen LogP contribution in [0.15, 0.2) is 24.3 Å². The molecule has 3 aliphatic heterocycles. The number of aliphatic hydroxyl groups is 1. The molecule has 10 nitrogen and oxygen atoms in total. The molecule has 3 amide bonds. The van der Waals surface area contributed by atoms with Gasteiger partial charge in [-0.25, -0.2) is 0 Å². The normalized spacial score (nSPS) is 23.1. The van der Waals surface area contributed by atoms with E-state index in [1.807, 2.05) is 26.0 Å². The first kappa shape index (κ1) is 28.0. The summed E-state index contributed by atoms with van der Waals surface area (Å²) in [5.41, 5.74) is 1.48. The number of Topliss-reactive ketones (excluding diaryl/α,β-unsaturated/α-hetero) is 1. The lowest BCUT2D eigenvalue weighted by molar-refractivity contribution is -0.144. The number of hydrogen-bond donors (Lipinski definition) is 2. The molecular weight excluding hydrogens is 488 g/mol. The van der Waals surface area contributed by atoms with Gasteiger partial charge in [0.25, 0.3) is 11.8 Å². The number of likely N-dealkylation sites (tertiary alicyclic amines) is 2. The van der Waals surface area contributed by atoms with E-state index in [9.17, 15) is 24.3 Å². The maximum absolute atomic E-state index is 13.7. The van der Waals surface area contributed by atoms with Crippen molar-refractivity contribution in [2.24, 2.45) is 11.8 Å². The van der Waals surface area contributed by atoms with Gasteiger partial charge in [-0.1, -0.05) is 27.7 Å². The van der Waals surface area contributed by atoms with Crippen LogP contribution in [0.25, 0.3) is 0 Å². The third-order valence-corrected chi connectivity index (χ3v) is 7.69. The molecule has 10 heteroatoms. The largest absolute Gasteiger partial charge is 0.383 e. The zero-order chi connectivity index (χ0) is 27.6. The van der Waals surface area contributed by atoms with E-state index in [1.165, 1.54) is 9.80 Å². The van der Waals surface area contributed by atoms with E-state index >= 15 is 0 Å². The number of rotatable bonds is 8. The van der Waals surface area contributed by atoms with Crippen LogP contribution in [0, 0.1) is 11.8 Å². The van der Waals surface area contributed by atoms with Crippen molar-refractivity contribution in [3.8, 4) is 0 Å². The predicted molar refractivity (Wildman–Crippen MR) is 142 cm³/mol. The lowest BCUT2D eigenvalue weighted by Crippen LogP contribution is -2.53. The van der Waals surface area contributed by atoms with Crippen LogP contribution >= 0.6 is 0 Å². The number of hydrogen-bond acceptors (Lipinski definition) is 7. The lowest BCUT2D eigenvalue weighted by atomic mass is 10.0. The Labute approximate surface area is 224 Å². The number of anilines is 1. The first-order valence-corrected chi connectivity index (χ1v) is 13.6. The summed E-state index contributed by atoms with van der Waals surface area (Å²) in [4.78, 5) is 57.8. The molecule has 1 aromatic rings. The molecule has 3 aliphatic rings. The number of nitrogens with one attached hydrogen (secondary N) is 1. The minimum Gasteiger partial charge on any atom is -0.383 e. The number of carbonyl (C=O) groups excluding carboxylic acids is 4. The molecular formula is C28H40N4O6. The van der Waals surface area contributed by atoms with Crippen molar-refractivity contribution in [1.82, 2.24) is 15.1 Å². The SMILES string of the molecule is CC(C)CC(NC(=O)c1ccc(N2CCOCC2)cc1)C(=O)N1CCC2C1C(=O)CN2C(=O)C(O)C(C)C. The molecule has 0 saturated carbocycles. The van der Waals surface area contributed by atoms with Crippen LogP contribution in [-0.4, -0.2) is 102 Å². The topological polar surface area (TPSA) is 119 Å². The van der Waals surface area contributed by atoms with Gasteiger partial charge in [-0.15, -0.1) is 0 Å². The Morgan fingerprint density at radius 1 is 1.00 bits per heavy atom. The standard InChI is InChI=1S/C28H40N4O6/c1-17(2)15-21(29-26(35)19-5-7-20(8-6-19)30-11-13-38-14-12-30)27(36)31-10-9-22-24(31)23(33)16-32(22)28(37)25(34)18(3)4/h5-8,17-18,21-22,24-25,34H,9-16H2,1-4H3,(H,29,35). The molecule has 1 aromatic carbocycles. The number of carbonyl (C=O) groups is 4. The van der Waals surface area contributed by atoms with E-state index in [2.05, 4.69) is 10.2 Å². The zero-order valence-corrected chi connectivity index (χ0v) is 22.8. The molecule has 208 valence electrons. The summed E-state index contributed by atoms with van der Waals surface area (Å²) < 4.78 is 5.40. The Hall–Kier alpha value is -2.98. The van der Waals surface area contributed by atoms with Gasteiger partial charge in [-0.3, -0.25) is 19.2 Å². The molecule has 0 spiro atoms. The summed E-state index contributed by atoms with van der Waals surface area (Å²) >= 11 is 0. The summed E-state index contributed by atoms with van der Waals surface area (Å²) in [5.74, 6) is -1.48. The highest BCUT2D eigenvalue weighted by atomic mass is 16.5. The highest BCUT2D eigenvalue weighted by molar-refractivity contribution is 6.01. The van der Waals surface area contributed by atoms with Crippen molar-refractivity contribution in [1.29, 1.82) is 0 Å². The zero-order valence-electron chi connectivity index (χ0n) is 22.8. The van der Waals surface area contributed by atoms with Gasteiger partial charge in [-0.2, -0.15) is 0 Å². The summed E-state index contributed by atoms with van der Waals surface area (Å²) in [7, 11) is 0. The van der Waals surface area contributed by atoms with Gasteiger partial charge in [-0.05, 0) is 48.9 Å². The number of morpholine rings is 1. The van der Waals surface area contributed by atoms with Gasteiger partial charge in [0.1, 0.15) is 18.2 Å². The fourth-order valence-corrected chi connectivity index (χ4v) is 5.59. The minimum absolute atomic E-state index is 0.113. The molecule has 3 fully saturated rings. The van der Waals surface area contributed by atoms with E-state index in [4.69, 9.17) is 4.74 Å². The molecule has 4 unspecified atom stereocenters. The molecule has 38 heavy (non-hydrogen) atoms. The van der Waals surface area contributed by atoms with E-state index in [-0.39, 0.29) is 36.0 Å². The second-order valence-electron chi connectivity index (χ2n) is 11.3. The summed E-state index contributed by atoms with van der Waals surface area (Å²) in [5, 5.41) is 13.2. The Morgan fingerprint density at radius 3 is 2.26 bits per heavy atom. The van der Waals surface area contributed by atoms with Gasteiger partial charge in [0.15, 0.2) is 5.78 Å². The molecule has 3 saturated heterocycles. The molecule has 4 rings (SSSR count). The number of ketones is 1. The quantitative estimate of drug-likeness (QED) is 0.518. The number of ether oxygens (including phenoxy) is 1. The Balaban J connectivity index is 1.45. The van der Waals surface area contributed by atoms with Crippen LogP contribution in [0.2, 0.25) is 0 Å². The molecule has 2 N–H and O–H groups in total. The van der Waals surface area contributed by atoms with Crippen molar-refractivity contribution >= 4 is 29.2 Å². The first-order chi connectivity index (χ1) is 18.1. The van der Waals surface area contributed by atoms with Crippen LogP contribution in [-0.2, 0) is 19.1 Å². The average Bonchev–Trinajstić information content (AvgIpc) is 3.48. The van der Waals surface area contributed by atoms with Gasteiger partial charge in [0.05, 0.1) is 25.8 Å². The molecule has 0 radical (unpaired) electrons. The fourth-order valence-electron chi connectivity index (χ4n) is 5.59. The second kappa shape index (κ2) is 11.8. The van der Waals surface area contributed by atoms with Gasteiger partial charge in [0.2, 0.25) is 5.91 Å². The van der Waals surface area contributed by atoms with Gasteiger partial charge in [0, 0.05) is 30.9 Å². The van der Waals surface area contributed by atoms with Crippen molar-refractivity contribution in [2.75, 3.05) is 44.3 Å². The highest BCUT2D eigenvalue weighted by Gasteiger charge is 2.53. The molecule has 4 atom stereocenters.